The van der Waals surface area contributed by atoms with Gasteiger partial charge < -0.3 is 20.1 Å². The zero-order chi connectivity index (χ0) is 18.1. The van der Waals surface area contributed by atoms with Crippen LogP contribution in [0.5, 0.6) is 0 Å². The average Bonchev–Trinajstić information content (AvgIpc) is 3.10. The molecule has 1 saturated heterocycles. The van der Waals surface area contributed by atoms with Crippen molar-refractivity contribution in [3.8, 4) is 0 Å². The number of benzene rings is 1. The van der Waals surface area contributed by atoms with Gasteiger partial charge in [0, 0.05) is 38.8 Å². The number of nitrogens with zero attached hydrogens (tertiary/aromatic N) is 1. The van der Waals surface area contributed by atoms with Crippen LogP contribution in [-0.2, 0) is 14.9 Å². The maximum atomic E-state index is 5.78. The van der Waals surface area contributed by atoms with Gasteiger partial charge in [-0.1, -0.05) is 43.7 Å². The van der Waals surface area contributed by atoms with Crippen LogP contribution in [0, 0.1) is 6.92 Å². The maximum Gasteiger partial charge on any atom is 0.191 e. The molecule has 1 aliphatic heterocycles. The predicted octanol–water partition coefficient (Wildman–Crippen LogP) is 2.63. The van der Waals surface area contributed by atoms with Gasteiger partial charge in [-0.15, -0.1) is 0 Å². The second kappa shape index (κ2) is 9.78. The van der Waals surface area contributed by atoms with Gasteiger partial charge in [-0.3, -0.25) is 4.99 Å². The highest BCUT2D eigenvalue weighted by Crippen LogP contribution is 2.22. The van der Waals surface area contributed by atoms with Gasteiger partial charge in [-0.25, -0.2) is 0 Å². The Morgan fingerprint density at radius 3 is 2.88 bits per heavy atom. The summed E-state index contributed by atoms with van der Waals surface area (Å²) >= 11 is 0. The lowest BCUT2D eigenvalue weighted by Gasteiger charge is -2.27. The third-order valence-corrected chi connectivity index (χ3v) is 4.58. The fourth-order valence-electron chi connectivity index (χ4n) is 2.87. The van der Waals surface area contributed by atoms with Crippen molar-refractivity contribution >= 4 is 5.96 Å². The first-order valence-corrected chi connectivity index (χ1v) is 9.22. The molecular formula is C20H33N3O2. The van der Waals surface area contributed by atoms with Crippen LogP contribution in [-0.4, -0.2) is 52.0 Å². The van der Waals surface area contributed by atoms with E-state index in [2.05, 4.69) is 60.7 Å². The molecule has 1 aromatic carbocycles. The molecule has 1 unspecified atom stereocenters. The lowest BCUT2D eigenvalue weighted by molar-refractivity contribution is 0.0420. The molecule has 0 aromatic heterocycles. The predicted molar refractivity (Wildman–Crippen MR) is 103 cm³/mol. The van der Waals surface area contributed by atoms with E-state index in [0.717, 1.165) is 51.7 Å². The van der Waals surface area contributed by atoms with E-state index in [-0.39, 0.29) is 11.5 Å². The maximum absolute atomic E-state index is 5.78. The van der Waals surface area contributed by atoms with Crippen molar-refractivity contribution < 1.29 is 9.47 Å². The van der Waals surface area contributed by atoms with Crippen molar-refractivity contribution in [2.45, 2.75) is 45.1 Å². The first kappa shape index (κ1) is 19.7. The Hall–Kier alpha value is -1.59. The molecule has 0 amide bonds. The number of aryl methyl sites for hydroxylation is 1. The molecule has 1 heterocycles. The Morgan fingerprint density at radius 2 is 2.20 bits per heavy atom. The summed E-state index contributed by atoms with van der Waals surface area (Å²) < 4.78 is 11.1. The Labute approximate surface area is 152 Å². The summed E-state index contributed by atoms with van der Waals surface area (Å²) in [4.78, 5) is 4.31. The smallest absolute Gasteiger partial charge is 0.191 e. The third-order valence-electron chi connectivity index (χ3n) is 4.58. The monoisotopic (exact) mass is 347 g/mol. The molecule has 2 rings (SSSR count). The Kier molecular flexibility index (Phi) is 7.72. The molecule has 1 aliphatic rings. The van der Waals surface area contributed by atoms with E-state index in [9.17, 15) is 0 Å². The number of nitrogens with one attached hydrogen (secondary N) is 2. The summed E-state index contributed by atoms with van der Waals surface area (Å²) in [6.45, 7) is 10.6. The number of rotatable bonds is 8. The number of hydrogen-bond acceptors (Lipinski definition) is 3. The van der Waals surface area contributed by atoms with Crippen molar-refractivity contribution in [1.29, 1.82) is 0 Å². The normalized spacial score (nSPS) is 18.4. The molecule has 0 aliphatic carbocycles. The molecule has 0 bridgehead atoms. The topological polar surface area (TPSA) is 54.9 Å². The molecule has 1 atom stereocenters. The van der Waals surface area contributed by atoms with E-state index in [4.69, 9.17) is 9.47 Å². The van der Waals surface area contributed by atoms with Crippen LogP contribution in [0.25, 0.3) is 0 Å². The summed E-state index contributed by atoms with van der Waals surface area (Å²) in [5.41, 5.74) is 2.67. The molecule has 0 saturated carbocycles. The fraction of sp³-hybridized carbons (Fsp3) is 0.650. The van der Waals surface area contributed by atoms with Gasteiger partial charge in [0.1, 0.15) is 0 Å². The van der Waals surface area contributed by atoms with E-state index in [1.165, 1.54) is 11.1 Å². The SMILES string of the molecule is CN=C(NCCCOC1CCOC1)NCC(C)(C)c1cccc(C)c1. The fourth-order valence-corrected chi connectivity index (χ4v) is 2.87. The lowest BCUT2D eigenvalue weighted by atomic mass is 9.84. The molecule has 5 nitrogen and oxygen atoms in total. The van der Waals surface area contributed by atoms with Gasteiger partial charge in [0.15, 0.2) is 5.96 Å². The van der Waals surface area contributed by atoms with E-state index in [0.29, 0.717) is 0 Å². The minimum Gasteiger partial charge on any atom is -0.379 e. The number of ether oxygens (including phenoxy) is 2. The first-order chi connectivity index (χ1) is 12.0. The van der Waals surface area contributed by atoms with E-state index < -0.39 is 0 Å². The summed E-state index contributed by atoms with van der Waals surface area (Å²) in [6, 6.07) is 8.69. The minimum absolute atomic E-state index is 0.0369. The van der Waals surface area contributed by atoms with Crippen molar-refractivity contribution in [2.75, 3.05) is 40.0 Å². The molecule has 25 heavy (non-hydrogen) atoms. The molecule has 5 heteroatoms. The molecule has 140 valence electrons. The zero-order valence-electron chi connectivity index (χ0n) is 16.1. The average molecular weight is 348 g/mol. The van der Waals surface area contributed by atoms with Crippen molar-refractivity contribution in [1.82, 2.24) is 10.6 Å². The molecule has 0 radical (unpaired) electrons. The molecule has 0 spiro atoms. The molecule has 1 fully saturated rings. The van der Waals surface area contributed by atoms with Crippen LogP contribution in [0.2, 0.25) is 0 Å². The summed E-state index contributed by atoms with van der Waals surface area (Å²) in [5, 5.41) is 6.80. The molecule has 2 N–H and O–H groups in total. The zero-order valence-corrected chi connectivity index (χ0v) is 16.1. The highest BCUT2D eigenvalue weighted by Gasteiger charge is 2.21. The lowest BCUT2D eigenvalue weighted by Crippen LogP contribution is -2.43. The van der Waals surface area contributed by atoms with Gasteiger partial charge in [-0.05, 0) is 25.3 Å². The van der Waals surface area contributed by atoms with Crippen LogP contribution in [0.15, 0.2) is 29.3 Å². The highest BCUT2D eigenvalue weighted by molar-refractivity contribution is 5.79. The Balaban J connectivity index is 1.68. The van der Waals surface area contributed by atoms with Crippen LogP contribution in [0.4, 0.5) is 0 Å². The van der Waals surface area contributed by atoms with E-state index in [1.807, 2.05) is 0 Å². The van der Waals surface area contributed by atoms with Gasteiger partial charge in [0.2, 0.25) is 0 Å². The van der Waals surface area contributed by atoms with Crippen molar-refractivity contribution in [3.05, 3.63) is 35.4 Å². The van der Waals surface area contributed by atoms with Crippen LogP contribution < -0.4 is 10.6 Å². The summed E-state index contributed by atoms with van der Waals surface area (Å²) in [7, 11) is 1.81. The van der Waals surface area contributed by atoms with Crippen molar-refractivity contribution in [2.24, 2.45) is 4.99 Å². The van der Waals surface area contributed by atoms with Crippen LogP contribution in [0.1, 0.15) is 37.8 Å². The Morgan fingerprint density at radius 1 is 1.36 bits per heavy atom. The van der Waals surface area contributed by atoms with Gasteiger partial charge in [0.25, 0.3) is 0 Å². The minimum atomic E-state index is 0.0369. The molecular weight excluding hydrogens is 314 g/mol. The van der Waals surface area contributed by atoms with Crippen LogP contribution in [0.3, 0.4) is 0 Å². The van der Waals surface area contributed by atoms with Gasteiger partial charge in [0.05, 0.1) is 12.7 Å². The summed E-state index contributed by atoms with van der Waals surface area (Å²) in [6.07, 6.45) is 2.26. The number of hydrogen-bond donors (Lipinski definition) is 2. The number of aliphatic imine (C=N–C) groups is 1. The Bertz CT molecular complexity index is 552. The van der Waals surface area contributed by atoms with Crippen LogP contribution >= 0.6 is 0 Å². The molecule has 1 aromatic rings. The van der Waals surface area contributed by atoms with Gasteiger partial charge >= 0.3 is 0 Å². The number of guanidine groups is 1. The quantitative estimate of drug-likeness (QED) is 0.431. The largest absolute Gasteiger partial charge is 0.379 e. The first-order valence-electron chi connectivity index (χ1n) is 9.22. The second-order valence-electron chi connectivity index (χ2n) is 7.32. The van der Waals surface area contributed by atoms with Crippen molar-refractivity contribution in [3.63, 3.8) is 0 Å². The van der Waals surface area contributed by atoms with E-state index >= 15 is 0 Å². The third kappa shape index (κ3) is 6.67. The second-order valence-corrected chi connectivity index (χ2v) is 7.32. The van der Waals surface area contributed by atoms with E-state index in [1.54, 1.807) is 7.05 Å². The standard InChI is InChI=1S/C20H33N3O2/c1-16-7-5-8-17(13-16)20(2,3)15-23-19(21-4)22-10-6-11-25-18-9-12-24-14-18/h5,7-8,13,18H,6,9-12,14-15H2,1-4H3,(H2,21,22,23). The van der Waals surface area contributed by atoms with Gasteiger partial charge in [-0.2, -0.15) is 0 Å². The summed E-state index contributed by atoms with van der Waals surface area (Å²) in [5.74, 6) is 0.838. The highest BCUT2D eigenvalue weighted by atomic mass is 16.5.